The largest absolute Gasteiger partial charge is 0.493 e. The molecule has 2 heterocycles. The van der Waals surface area contributed by atoms with Crippen LogP contribution in [0.15, 0.2) is 42.5 Å². The molecule has 0 spiro atoms. The number of methoxy groups -OCH3 is 2. The molecule has 2 atom stereocenters. The van der Waals surface area contributed by atoms with E-state index in [1.165, 1.54) is 5.57 Å². The highest BCUT2D eigenvalue weighted by atomic mass is 16.7. The third-order valence-electron chi connectivity index (χ3n) is 6.78. The Labute approximate surface area is 196 Å². The van der Waals surface area contributed by atoms with E-state index in [0.29, 0.717) is 24.0 Å². The molecule has 3 aliphatic rings. The number of rotatable bonds is 5. The van der Waals surface area contributed by atoms with Crippen LogP contribution in [0.5, 0.6) is 17.2 Å². The van der Waals surface area contributed by atoms with Gasteiger partial charge < -0.3 is 24.3 Å². The van der Waals surface area contributed by atoms with Gasteiger partial charge in [0, 0.05) is 16.8 Å². The number of hydrogen-bond donors (Lipinski definition) is 1. The Morgan fingerprint density at radius 1 is 1.06 bits per heavy atom. The van der Waals surface area contributed by atoms with Gasteiger partial charge in [-0.1, -0.05) is 24.3 Å². The second kappa shape index (κ2) is 8.45. The zero-order chi connectivity index (χ0) is 23.2. The summed E-state index contributed by atoms with van der Waals surface area (Å²) in [5, 5.41) is 3.67. The maximum absolute atomic E-state index is 6.53. The number of hydrogen-bond acceptors (Lipinski definition) is 5. The molecule has 0 amide bonds. The minimum Gasteiger partial charge on any atom is -0.493 e. The molecule has 2 aromatic rings. The summed E-state index contributed by atoms with van der Waals surface area (Å²) in [5.41, 5.74) is 6.37. The molecule has 174 valence electrons. The standard InChI is InChI=1S/C28H33NO4/c1-17-15-28(2,3)29-20-12-11-19-24-21(13-14-22(30-4)26(24)31-5)33-27(25(19)23(17)20)32-16-18-9-7-6-8-10-18/h6-7,11-15,18,27,29H,8-10,16H2,1-5H3. The monoisotopic (exact) mass is 447 g/mol. The first-order chi connectivity index (χ1) is 15.9. The quantitative estimate of drug-likeness (QED) is 0.514. The van der Waals surface area contributed by atoms with Crippen LogP contribution < -0.4 is 19.5 Å². The zero-order valence-corrected chi connectivity index (χ0v) is 20.2. The van der Waals surface area contributed by atoms with Crippen molar-refractivity contribution in [1.29, 1.82) is 0 Å². The molecular formula is C28H33NO4. The topological polar surface area (TPSA) is 49.0 Å². The lowest BCUT2D eigenvalue weighted by Crippen LogP contribution is -2.33. The van der Waals surface area contributed by atoms with Crippen LogP contribution in [-0.4, -0.2) is 26.4 Å². The minimum atomic E-state index is -0.488. The summed E-state index contributed by atoms with van der Waals surface area (Å²) in [6, 6.07) is 8.14. The van der Waals surface area contributed by atoms with Gasteiger partial charge in [-0.15, -0.1) is 0 Å². The summed E-state index contributed by atoms with van der Waals surface area (Å²) >= 11 is 0. The van der Waals surface area contributed by atoms with Gasteiger partial charge >= 0.3 is 0 Å². The SMILES string of the molecule is COc1ccc2c(c1OC)-c1ccc3c(c1C(OCC1CC=CCC1)O2)C(C)=CC(C)(C)N3. The molecule has 1 N–H and O–H groups in total. The first-order valence-electron chi connectivity index (χ1n) is 11.8. The first kappa shape index (κ1) is 21.9. The van der Waals surface area contributed by atoms with Crippen LogP contribution in [0.1, 0.15) is 57.5 Å². The van der Waals surface area contributed by atoms with Crippen LogP contribution in [0.2, 0.25) is 0 Å². The highest BCUT2D eigenvalue weighted by molar-refractivity contribution is 5.92. The van der Waals surface area contributed by atoms with Crippen molar-refractivity contribution in [3.63, 3.8) is 0 Å². The molecule has 2 unspecified atom stereocenters. The number of fused-ring (bicyclic) bond motifs is 5. The number of allylic oxidation sites excluding steroid dienone is 3. The molecular weight excluding hydrogens is 414 g/mol. The second-order valence-electron chi connectivity index (χ2n) is 9.73. The maximum Gasteiger partial charge on any atom is 0.228 e. The van der Waals surface area contributed by atoms with Crippen molar-refractivity contribution in [2.45, 2.75) is 51.9 Å². The lowest BCUT2D eigenvalue weighted by atomic mass is 9.83. The fourth-order valence-electron chi connectivity index (χ4n) is 5.39. The molecule has 5 rings (SSSR count). The van der Waals surface area contributed by atoms with Gasteiger partial charge in [-0.2, -0.15) is 0 Å². The average molecular weight is 448 g/mol. The number of nitrogens with one attached hydrogen (secondary N) is 1. The molecule has 33 heavy (non-hydrogen) atoms. The van der Waals surface area contributed by atoms with E-state index in [1.807, 2.05) is 12.1 Å². The van der Waals surface area contributed by atoms with Gasteiger partial charge in [0.15, 0.2) is 11.5 Å². The lowest BCUT2D eigenvalue weighted by molar-refractivity contribution is -0.0973. The van der Waals surface area contributed by atoms with Crippen molar-refractivity contribution < 1.29 is 18.9 Å². The van der Waals surface area contributed by atoms with E-state index < -0.39 is 6.29 Å². The Morgan fingerprint density at radius 2 is 1.91 bits per heavy atom. The zero-order valence-electron chi connectivity index (χ0n) is 20.2. The van der Waals surface area contributed by atoms with Crippen molar-refractivity contribution in [3.8, 4) is 28.4 Å². The first-order valence-corrected chi connectivity index (χ1v) is 11.8. The van der Waals surface area contributed by atoms with E-state index in [1.54, 1.807) is 14.2 Å². The van der Waals surface area contributed by atoms with Crippen LogP contribution in [0.3, 0.4) is 0 Å². The molecule has 5 nitrogen and oxygen atoms in total. The van der Waals surface area contributed by atoms with Crippen LogP contribution in [-0.2, 0) is 4.74 Å². The summed E-state index contributed by atoms with van der Waals surface area (Å²) in [7, 11) is 3.33. The molecule has 0 saturated heterocycles. The van der Waals surface area contributed by atoms with Gasteiger partial charge in [0.05, 0.1) is 31.9 Å². The molecule has 0 radical (unpaired) electrons. The Balaban J connectivity index is 1.65. The molecule has 0 saturated carbocycles. The smallest absolute Gasteiger partial charge is 0.228 e. The Kier molecular flexibility index (Phi) is 5.61. The van der Waals surface area contributed by atoms with Gasteiger partial charge in [0.1, 0.15) is 5.75 Å². The van der Waals surface area contributed by atoms with Crippen molar-refractivity contribution >= 4 is 11.3 Å². The molecule has 2 aromatic carbocycles. The number of benzene rings is 2. The molecule has 5 heteroatoms. The van der Waals surface area contributed by atoms with E-state index in [0.717, 1.165) is 53.0 Å². The minimum absolute atomic E-state index is 0.121. The summed E-state index contributed by atoms with van der Waals surface area (Å²) in [4.78, 5) is 0. The predicted octanol–water partition coefficient (Wildman–Crippen LogP) is 6.74. The maximum atomic E-state index is 6.53. The van der Waals surface area contributed by atoms with Gasteiger partial charge in [-0.25, -0.2) is 0 Å². The third-order valence-corrected chi connectivity index (χ3v) is 6.78. The molecule has 2 aliphatic heterocycles. The van der Waals surface area contributed by atoms with Crippen molar-refractivity contribution in [2.75, 3.05) is 26.1 Å². The fourth-order valence-corrected chi connectivity index (χ4v) is 5.39. The predicted molar refractivity (Wildman–Crippen MR) is 132 cm³/mol. The second-order valence-corrected chi connectivity index (χ2v) is 9.73. The van der Waals surface area contributed by atoms with Crippen LogP contribution >= 0.6 is 0 Å². The van der Waals surface area contributed by atoms with Gasteiger partial charge in [-0.3, -0.25) is 0 Å². The van der Waals surface area contributed by atoms with E-state index in [9.17, 15) is 0 Å². The van der Waals surface area contributed by atoms with Gasteiger partial charge in [0.2, 0.25) is 6.29 Å². The van der Waals surface area contributed by atoms with Gasteiger partial charge in [-0.05, 0) is 75.3 Å². The van der Waals surface area contributed by atoms with Gasteiger partial charge in [0.25, 0.3) is 0 Å². The molecule has 0 fully saturated rings. The summed E-state index contributed by atoms with van der Waals surface area (Å²) in [6.45, 7) is 7.21. The van der Waals surface area contributed by atoms with Crippen LogP contribution in [0.4, 0.5) is 5.69 Å². The summed E-state index contributed by atoms with van der Waals surface area (Å²) < 4.78 is 24.4. The Hall–Kier alpha value is -2.92. The van der Waals surface area contributed by atoms with Crippen molar-refractivity contribution in [2.24, 2.45) is 5.92 Å². The summed E-state index contributed by atoms with van der Waals surface area (Å²) in [5.74, 6) is 2.63. The van der Waals surface area contributed by atoms with Crippen LogP contribution in [0.25, 0.3) is 16.7 Å². The van der Waals surface area contributed by atoms with E-state index in [4.69, 9.17) is 18.9 Å². The Morgan fingerprint density at radius 3 is 2.64 bits per heavy atom. The molecule has 0 bridgehead atoms. The van der Waals surface area contributed by atoms with E-state index in [2.05, 4.69) is 56.4 Å². The van der Waals surface area contributed by atoms with Crippen LogP contribution in [0, 0.1) is 5.92 Å². The molecule has 0 aromatic heterocycles. The van der Waals surface area contributed by atoms with Crippen molar-refractivity contribution in [3.05, 3.63) is 53.6 Å². The normalized spacial score (nSPS) is 22.2. The summed E-state index contributed by atoms with van der Waals surface area (Å²) in [6.07, 6.45) is 9.64. The molecule has 1 aliphatic carbocycles. The average Bonchev–Trinajstić information content (AvgIpc) is 2.81. The third kappa shape index (κ3) is 3.89. The number of ether oxygens (including phenoxy) is 4. The van der Waals surface area contributed by atoms with Crippen molar-refractivity contribution in [1.82, 2.24) is 0 Å². The number of anilines is 1. The highest BCUT2D eigenvalue weighted by Gasteiger charge is 2.36. The van der Waals surface area contributed by atoms with E-state index in [-0.39, 0.29) is 5.54 Å². The Bertz CT molecular complexity index is 1130. The highest BCUT2D eigenvalue weighted by Crippen LogP contribution is 2.54. The fraction of sp³-hybridized carbons (Fsp3) is 0.429. The van der Waals surface area contributed by atoms with E-state index >= 15 is 0 Å². The lowest BCUT2D eigenvalue weighted by Gasteiger charge is -2.37.